The largest absolute Gasteiger partial charge is 0.461 e. The Balaban J connectivity index is 1.95. The summed E-state index contributed by atoms with van der Waals surface area (Å²) < 4.78 is 16.7. The van der Waals surface area contributed by atoms with Crippen LogP contribution in [0.5, 0.6) is 0 Å². The summed E-state index contributed by atoms with van der Waals surface area (Å²) in [5, 5.41) is 0. The molecule has 2 heterocycles. The Labute approximate surface area is 100.0 Å². The third kappa shape index (κ3) is 1.99. The van der Waals surface area contributed by atoms with Gasteiger partial charge in [-0.15, -0.1) is 0 Å². The molecule has 0 aliphatic carbocycles. The van der Waals surface area contributed by atoms with E-state index in [4.69, 9.17) is 13.9 Å². The van der Waals surface area contributed by atoms with Gasteiger partial charge in [0.2, 0.25) is 0 Å². The molecule has 0 spiro atoms. The SMILES string of the molecule is Cc1oc(-c2ccccc2)cc1C1OCCO1. The number of benzene rings is 1. The first-order chi connectivity index (χ1) is 8.34. The van der Waals surface area contributed by atoms with Gasteiger partial charge >= 0.3 is 0 Å². The molecule has 1 fully saturated rings. The molecule has 3 heteroatoms. The summed E-state index contributed by atoms with van der Waals surface area (Å²) in [7, 11) is 0. The lowest BCUT2D eigenvalue weighted by molar-refractivity contribution is -0.0450. The van der Waals surface area contributed by atoms with E-state index >= 15 is 0 Å². The van der Waals surface area contributed by atoms with Crippen LogP contribution in [0.2, 0.25) is 0 Å². The van der Waals surface area contributed by atoms with Gasteiger partial charge in [-0.2, -0.15) is 0 Å². The molecular weight excluding hydrogens is 216 g/mol. The fourth-order valence-electron chi connectivity index (χ4n) is 2.01. The first-order valence-corrected chi connectivity index (χ1v) is 5.73. The molecule has 0 N–H and O–H groups in total. The molecule has 3 rings (SSSR count). The van der Waals surface area contributed by atoms with Crippen LogP contribution in [0, 0.1) is 6.92 Å². The van der Waals surface area contributed by atoms with Crippen LogP contribution in [-0.4, -0.2) is 13.2 Å². The molecule has 0 bridgehead atoms. The zero-order valence-electron chi connectivity index (χ0n) is 9.68. The van der Waals surface area contributed by atoms with E-state index in [0.717, 1.165) is 22.6 Å². The van der Waals surface area contributed by atoms with Gasteiger partial charge in [-0.05, 0) is 13.0 Å². The van der Waals surface area contributed by atoms with E-state index in [9.17, 15) is 0 Å². The quantitative estimate of drug-likeness (QED) is 0.793. The lowest BCUT2D eigenvalue weighted by Gasteiger charge is -2.05. The molecular formula is C14H14O3. The first kappa shape index (κ1) is 10.6. The van der Waals surface area contributed by atoms with Crippen LogP contribution < -0.4 is 0 Å². The van der Waals surface area contributed by atoms with Gasteiger partial charge in [0.05, 0.1) is 13.2 Å². The molecule has 17 heavy (non-hydrogen) atoms. The maximum atomic E-state index is 5.75. The summed E-state index contributed by atoms with van der Waals surface area (Å²) in [6.07, 6.45) is -0.267. The van der Waals surface area contributed by atoms with Gasteiger partial charge in [-0.1, -0.05) is 30.3 Å². The zero-order chi connectivity index (χ0) is 11.7. The average Bonchev–Trinajstić information content (AvgIpc) is 2.99. The second kappa shape index (κ2) is 4.35. The standard InChI is InChI=1S/C14H14O3/c1-10-12(14-15-7-8-16-14)9-13(17-10)11-5-3-2-4-6-11/h2-6,9,14H,7-8H2,1H3. The van der Waals surface area contributed by atoms with E-state index in [1.54, 1.807) is 0 Å². The van der Waals surface area contributed by atoms with Gasteiger partial charge in [0.1, 0.15) is 11.5 Å². The van der Waals surface area contributed by atoms with Gasteiger partial charge in [0.15, 0.2) is 6.29 Å². The van der Waals surface area contributed by atoms with Crippen LogP contribution in [0.3, 0.4) is 0 Å². The van der Waals surface area contributed by atoms with E-state index in [0.29, 0.717) is 13.2 Å². The summed E-state index contributed by atoms with van der Waals surface area (Å²) in [5.74, 6) is 1.72. The van der Waals surface area contributed by atoms with Gasteiger partial charge in [0.25, 0.3) is 0 Å². The monoisotopic (exact) mass is 230 g/mol. The first-order valence-electron chi connectivity index (χ1n) is 5.73. The van der Waals surface area contributed by atoms with Crippen LogP contribution in [0.1, 0.15) is 17.6 Å². The fraction of sp³-hybridized carbons (Fsp3) is 0.286. The molecule has 0 atom stereocenters. The van der Waals surface area contributed by atoms with Crippen molar-refractivity contribution in [1.82, 2.24) is 0 Å². The predicted octanol–water partition coefficient (Wildman–Crippen LogP) is 3.30. The third-order valence-corrected chi connectivity index (χ3v) is 2.89. The van der Waals surface area contributed by atoms with Crippen molar-refractivity contribution in [2.24, 2.45) is 0 Å². The number of ether oxygens (including phenoxy) is 2. The predicted molar refractivity (Wildman–Crippen MR) is 63.5 cm³/mol. The molecule has 0 unspecified atom stereocenters. The third-order valence-electron chi connectivity index (χ3n) is 2.89. The second-order valence-electron chi connectivity index (χ2n) is 4.06. The van der Waals surface area contributed by atoms with Crippen molar-refractivity contribution >= 4 is 0 Å². The highest BCUT2D eigenvalue weighted by atomic mass is 16.7. The highest BCUT2D eigenvalue weighted by Gasteiger charge is 2.23. The zero-order valence-corrected chi connectivity index (χ0v) is 9.68. The summed E-state index contributed by atoms with van der Waals surface area (Å²) in [5.41, 5.74) is 2.06. The van der Waals surface area contributed by atoms with E-state index < -0.39 is 0 Å². The average molecular weight is 230 g/mol. The van der Waals surface area contributed by atoms with E-state index in [1.807, 2.05) is 43.3 Å². The maximum absolute atomic E-state index is 5.75. The molecule has 1 aromatic heterocycles. The van der Waals surface area contributed by atoms with Crippen molar-refractivity contribution in [3.05, 3.63) is 47.7 Å². The molecule has 1 aliphatic heterocycles. The minimum atomic E-state index is -0.267. The van der Waals surface area contributed by atoms with Crippen molar-refractivity contribution in [3.8, 4) is 11.3 Å². The fourth-order valence-corrected chi connectivity index (χ4v) is 2.01. The summed E-state index contributed by atoms with van der Waals surface area (Å²) in [4.78, 5) is 0. The Kier molecular flexibility index (Phi) is 2.71. The van der Waals surface area contributed by atoms with E-state index in [-0.39, 0.29) is 6.29 Å². The topological polar surface area (TPSA) is 31.6 Å². The molecule has 0 saturated carbocycles. The van der Waals surface area contributed by atoms with Crippen molar-refractivity contribution in [2.45, 2.75) is 13.2 Å². The molecule has 0 radical (unpaired) electrons. The van der Waals surface area contributed by atoms with Crippen molar-refractivity contribution in [3.63, 3.8) is 0 Å². The lowest BCUT2D eigenvalue weighted by atomic mass is 10.1. The Hall–Kier alpha value is -1.58. The van der Waals surface area contributed by atoms with Crippen LogP contribution in [0.4, 0.5) is 0 Å². The van der Waals surface area contributed by atoms with E-state index in [1.165, 1.54) is 0 Å². The molecule has 1 aromatic carbocycles. The summed E-state index contributed by atoms with van der Waals surface area (Å²) in [6, 6.07) is 12.0. The molecule has 2 aromatic rings. The summed E-state index contributed by atoms with van der Waals surface area (Å²) >= 11 is 0. The number of aryl methyl sites for hydroxylation is 1. The molecule has 88 valence electrons. The normalized spacial score (nSPS) is 16.5. The van der Waals surface area contributed by atoms with Gasteiger partial charge in [0, 0.05) is 11.1 Å². The Morgan fingerprint density at radius 1 is 1.06 bits per heavy atom. The highest BCUT2D eigenvalue weighted by Crippen LogP contribution is 2.32. The Bertz CT molecular complexity index is 495. The number of hydrogen-bond donors (Lipinski definition) is 0. The van der Waals surface area contributed by atoms with Crippen molar-refractivity contribution in [2.75, 3.05) is 13.2 Å². The van der Waals surface area contributed by atoms with Gasteiger partial charge in [-0.25, -0.2) is 0 Å². The van der Waals surface area contributed by atoms with Crippen LogP contribution >= 0.6 is 0 Å². The molecule has 1 saturated heterocycles. The summed E-state index contributed by atoms with van der Waals surface area (Å²) in [6.45, 7) is 3.23. The lowest BCUT2D eigenvalue weighted by Crippen LogP contribution is -1.97. The number of furan rings is 1. The van der Waals surface area contributed by atoms with E-state index in [2.05, 4.69) is 0 Å². The minimum Gasteiger partial charge on any atom is -0.461 e. The van der Waals surface area contributed by atoms with Crippen LogP contribution in [0.25, 0.3) is 11.3 Å². The van der Waals surface area contributed by atoms with Crippen LogP contribution in [-0.2, 0) is 9.47 Å². The van der Waals surface area contributed by atoms with Gasteiger partial charge < -0.3 is 13.9 Å². The Morgan fingerprint density at radius 3 is 2.47 bits per heavy atom. The number of hydrogen-bond acceptors (Lipinski definition) is 3. The van der Waals surface area contributed by atoms with Crippen LogP contribution in [0.15, 0.2) is 40.8 Å². The van der Waals surface area contributed by atoms with Gasteiger partial charge in [-0.3, -0.25) is 0 Å². The Morgan fingerprint density at radius 2 is 1.76 bits per heavy atom. The second-order valence-corrected chi connectivity index (χ2v) is 4.06. The smallest absolute Gasteiger partial charge is 0.187 e. The highest BCUT2D eigenvalue weighted by molar-refractivity contribution is 5.58. The number of rotatable bonds is 2. The van der Waals surface area contributed by atoms with Crippen molar-refractivity contribution in [1.29, 1.82) is 0 Å². The van der Waals surface area contributed by atoms with Crippen molar-refractivity contribution < 1.29 is 13.9 Å². The molecule has 3 nitrogen and oxygen atoms in total. The molecule has 0 amide bonds. The minimum absolute atomic E-state index is 0.267. The maximum Gasteiger partial charge on any atom is 0.187 e. The molecule has 1 aliphatic rings.